The zero-order chi connectivity index (χ0) is 15.5. The number of amidine groups is 1. The molecule has 0 radical (unpaired) electrons. The standard InChI is InChI=1S/C16H23N3O2/c1-16(2)9-3-4-13(16)10-18-15(20)12-7-5-11(6-8-12)14(17)19-21/h5-8,13,21H,3-4,9-10H2,1-2H3,(H2,17,19)(H,18,20). The van der Waals surface area contributed by atoms with E-state index in [1.165, 1.54) is 19.3 Å². The van der Waals surface area contributed by atoms with Gasteiger partial charge in [-0.1, -0.05) is 37.6 Å². The molecule has 0 saturated heterocycles. The molecule has 2 rings (SSSR count). The number of oxime groups is 1. The number of amides is 1. The van der Waals surface area contributed by atoms with Gasteiger partial charge in [0.05, 0.1) is 0 Å². The van der Waals surface area contributed by atoms with Crippen molar-refractivity contribution in [2.24, 2.45) is 22.2 Å². The summed E-state index contributed by atoms with van der Waals surface area (Å²) in [6.45, 7) is 5.25. The van der Waals surface area contributed by atoms with Crippen LogP contribution in [0.2, 0.25) is 0 Å². The Bertz CT molecular complexity index is 535. The Labute approximate surface area is 125 Å². The smallest absolute Gasteiger partial charge is 0.251 e. The Kier molecular flexibility index (Phi) is 4.50. The van der Waals surface area contributed by atoms with Crippen LogP contribution in [0, 0.1) is 11.3 Å². The summed E-state index contributed by atoms with van der Waals surface area (Å²) in [5.74, 6) is 0.497. The normalized spacial score (nSPS) is 21.2. The van der Waals surface area contributed by atoms with Gasteiger partial charge in [0.2, 0.25) is 0 Å². The Morgan fingerprint density at radius 3 is 2.52 bits per heavy atom. The van der Waals surface area contributed by atoms with Crippen molar-refractivity contribution in [3.8, 4) is 0 Å². The van der Waals surface area contributed by atoms with E-state index < -0.39 is 0 Å². The monoisotopic (exact) mass is 289 g/mol. The topological polar surface area (TPSA) is 87.7 Å². The van der Waals surface area contributed by atoms with Crippen molar-refractivity contribution < 1.29 is 10.0 Å². The molecule has 5 nitrogen and oxygen atoms in total. The van der Waals surface area contributed by atoms with E-state index in [-0.39, 0.29) is 11.7 Å². The SMILES string of the molecule is CC1(C)CCCC1CNC(=O)c1ccc(/C(N)=N/O)cc1. The molecule has 1 aromatic rings. The predicted octanol–water partition coefficient (Wildman–Crippen LogP) is 2.34. The molecule has 1 saturated carbocycles. The summed E-state index contributed by atoms with van der Waals surface area (Å²) in [6.07, 6.45) is 3.64. The molecule has 0 spiro atoms. The van der Waals surface area contributed by atoms with Crippen LogP contribution in [0.5, 0.6) is 0 Å². The van der Waals surface area contributed by atoms with Gasteiger partial charge in [-0.05, 0) is 36.3 Å². The summed E-state index contributed by atoms with van der Waals surface area (Å²) >= 11 is 0. The number of nitrogens with one attached hydrogen (secondary N) is 1. The first-order chi connectivity index (χ1) is 9.94. The Morgan fingerprint density at radius 2 is 2.00 bits per heavy atom. The van der Waals surface area contributed by atoms with Gasteiger partial charge in [0, 0.05) is 17.7 Å². The van der Waals surface area contributed by atoms with Crippen molar-refractivity contribution in [1.29, 1.82) is 0 Å². The molecular weight excluding hydrogens is 266 g/mol. The minimum atomic E-state index is -0.0799. The molecule has 0 aliphatic heterocycles. The van der Waals surface area contributed by atoms with Crippen LogP contribution in [0.15, 0.2) is 29.4 Å². The molecule has 5 heteroatoms. The second kappa shape index (κ2) is 6.16. The molecule has 4 N–H and O–H groups in total. The molecular formula is C16H23N3O2. The minimum absolute atomic E-state index is 0.0367. The van der Waals surface area contributed by atoms with Gasteiger partial charge < -0.3 is 16.3 Å². The van der Waals surface area contributed by atoms with E-state index in [1.54, 1.807) is 24.3 Å². The van der Waals surface area contributed by atoms with Crippen LogP contribution in [-0.2, 0) is 0 Å². The van der Waals surface area contributed by atoms with Crippen molar-refractivity contribution in [2.75, 3.05) is 6.54 Å². The first kappa shape index (κ1) is 15.4. The fraction of sp³-hybridized carbons (Fsp3) is 0.500. The number of carbonyl (C=O) groups is 1. The number of benzene rings is 1. The maximum Gasteiger partial charge on any atom is 0.251 e. The first-order valence-electron chi connectivity index (χ1n) is 7.30. The van der Waals surface area contributed by atoms with Gasteiger partial charge in [-0.25, -0.2) is 0 Å². The molecule has 21 heavy (non-hydrogen) atoms. The molecule has 1 aromatic carbocycles. The van der Waals surface area contributed by atoms with Crippen LogP contribution < -0.4 is 11.1 Å². The minimum Gasteiger partial charge on any atom is -0.409 e. The maximum atomic E-state index is 12.1. The summed E-state index contributed by atoms with van der Waals surface area (Å²) in [6, 6.07) is 6.71. The third-order valence-corrected chi connectivity index (χ3v) is 4.54. The van der Waals surface area contributed by atoms with Crippen LogP contribution in [0.4, 0.5) is 0 Å². The average Bonchev–Trinajstić information content (AvgIpc) is 2.82. The third kappa shape index (κ3) is 3.54. The number of nitrogens with zero attached hydrogens (tertiary/aromatic N) is 1. The third-order valence-electron chi connectivity index (χ3n) is 4.54. The molecule has 0 aromatic heterocycles. The zero-order valence-corrected chi connectivity index (χ0v) is 12.6. The van der Waals surface area contributed by atoms with Crippen LogP contribution in [0.25, 0.3) is 0 Å². The summed E-state index contributed by atoms with van der Waals surface area (Å²) in [7, 11) is 0. The lowest BCUT2D eigenvalue weighted by atomic mass is 9.82. The van der Waals surface area contributed by atoms with E-state index in [1.807, 2.05) is 0 Å². The van der Waals surface area contributed by atoms with E-state index in [0.717, 1.165) is 0 Å². The highest BCUT2D eigenvalue weighted by Crippen LogP contribution is 2.41. The maximum absolute atomic E-state index is 12.1. The van der Waals surface area contributed by atoms with Gasteiger partial charge in [0.15, 0.2) is 5.84 Å². The number of rotatable bonds is 4. The fourth-order valence-electron chi connectivity index (χ4n) is 2.95. The quantitative estimate of drug-likeness (QED) is 0.344. The Morgan fingerprint density at radius 1 is 1.38 bits per heavy atom. The van der Waals surface area contributed by atoms with E-state index >= 15 is 0 Å². The highest BCUT2D eigenvalue weighted by molar-refractivity contribution is 5.99. The molecule has 1 amide bonds. The van der Waals surface area contributed by atoms with Crippen LogP contribution in [-0.4, -0.2) is 23.5 Å². The van der Waals surface area contributed by atoms with Crippen LogP contribution in [0.1, 0.15) is 49.0 Å². The summed E-state index contributed by atoms with van der Waals surface area (Å²) < 4.78 is 0. The molecule has 1 fully saturated rings. The molecule has 0 heterocycles. The van der Waals surface area contributed by atoms with Gasteiger partial charge in [-0.2, -0.15) is 0 Å². The summed E-state index contributed by atoms with van der Waals surface area (Å²) in [4.78, 5) is 12.1. The number of nitrogens with two attached hydrogens (primary N) is 1. The number of carbonyl (C=O) groups excluding carboxylic acids is 1. The van der Waals surface area contributed by atoms with Crippen molar-refractivity contribution >= 4 is 11.7 Å². The highest BCUT2D eigenvalue weighted by atomic mass is 16.4. The molecule has 1 aliphatic rings. The van der Waals surface area contributed by atoms with E-state index in [2.05, 4.69) is 24.3 Å². The fourth-order valence-corrected chi connectivity index (χ4v) is 2.95. The lowest BCUT2D eigenvalue weighted by Gasteiger charge is -2.27. The summed E-state index contributed by atoms with van der Waals surface area (Å²) in [5.41, 5.74) is 6.97. The van der Waals surface area contributed by atoms with Crippen molar-refractivity contribution in [2.45, 2.75) is 33.1 Å². The predicted molar refractivity (Wildman–Crippen MR) is 82.4 cm³/mol. The van der Waals surface area contributed by atoms with E-state index in [4.69, 9.17) is 10.9 Å². The number of hydrogen-bond donors (Lipinski definition) is 3. The van der Waals surface area contributed by atoms with Gasteiger partial charge in [-0.3, -0.25) is 4.79 Å². The molecule has 1 atom stereocenters. The summed E-state index contributed by atoms with van der Waals surface area (Å²) in [5, 5.41) is 14.5. The molecule has 1 unspecified atom stereocenters. The van der Waals surface area contributed by atoms with Crippen molar-refractivity contribution in [1.82, 2.24) is 5.32 Å². The lowest BCUT2D eigenvalue weighted by molar-refractivity contribution is 0.0937. The second-order valence-electron chi connectivity index (χ2n) is 6.35. The Hall–Kier alpha value is -2.04. The van der Waals surface area contributed by atoms with Gasteiger partial charge >= 0.3 is 0 Å². The van der Waals surface area contributed by atoms with E-state index in [0.29, 0.717) is 29.0 Å². The van der Waals surface area contributed by atoms with Gasteiger partial charge in [-0.15, -0.1) is 0 Å². The van der Waals surface area contributed by atoms with E-state index in [9.17, 15) is 4.79 Å². The van der Waals surface area contributed by atoms with Crippen LogP contribution in [0.3, 0.4) is 0 Å². The largest absolute Gasteiger partial charge is 0.409 e. The van der Waals surface area contributed by atoms with Crippen molar-refractivity contribution in [3.05, 3.63) is 35.4 Å². The van der Waals surface area contributed by atoms with Crippen LogP contribution >= 0.6 is 0 Å². The molecule has 1 aliphatic carbocycles. The second-order valence-corrected chi connectivity index (χ2v) is 6.35. The molecule has 114 valence electrons. The number of hydrogen-bond acceptors (Lipinski definition) is 3. The highest BCUT2D eigenvalue weighted by Gasteiger charge is 2.34. The van der Waals surface area contributed by atoms with Gasteiger partial charge in [0.25, 0.3) is 5.91 Å². The lowest BCUT2D eigenvalue weighted by Crippen LogP contribution is -2.33. The van der Waals surface area contributed by atoms with Gasteiger partial charge in [0.1, 0.15) is 0 Å². The average molecular weight is 289 g/mol. The first-order valence-corrected chi connectivity index (χ1v) is 7.30. The Balaban J connectivity index is 1.95. The molecule has 0 bridgehead atoms. The zero-order valence-electron chi connectivity index (χ0n) is 12.6. The van der Waals surface area contributed by atoms with Crippen molar-refractivity contribution in [3.63, 3.8) is 0 Å².